The van der Waals surface area contributed by atoms with E-state index < -0.39 is 12.1 Å². The first-order valence-electron chi connectivity index (χ1n) is 7.47. The maximum atomic E-state index is 11.9. The molecule has 1 aromatic heterocycles. The van der Waals surface area contributed by atoms with E-state index in [4.69, 9.17) is 9.47 Å². The molecule has 3 rings (SSSR count). The number of thiazole rings is 1. The predicted octanol–water partition coefficient (Wildman–Crippen LogP) is 3.44. The number of carbonyl (C=O) groups is 2. The van der Waals surface area contributed by atoms with Crippen LogP contribution in [0.25, 0.3) is 0 Å². The Hall–Kier alpha value is -2.45. The summed E-state index contributed by atoms with van der Waals surface area (Å²) in [7, 11) is 0. The number of nitrogens with one attached hydrogen (secondary N) is 1. The molecule has 7 nitrogen and oxygen atoms in total. The van der Waals surface area contributed by atoms with Crippen molar-refractivity contribution in [1.82, 2.24) is 4.98 Å². The largest absolute Gasteiger partial charge is 0.477 e. The molecule has 1 aromatic carbocycles. The van der Waals surface area contributed by atoms with E-state index in [1.165, 1.54) is 0 Å². The molecule has 1 unspecified atom stereocenters. The van der Waals surface area contributed by atoms with Crippen molar-refractivity contribution in [3.63, 3.8) is 0 Å². The molecule has 1 aliphatic rings. The Balaban J connectivity index is 1.65. The van der Waals surface area contributed by atoms with Crippen LogP contribution < -0.4 is 5.32 Å². The van der Waals surface area contributed by atoms with Crippen LogP contribution in [0.2, 0.25) is 0 Å². The Labute approximate surface area is 142 Å². The number of carboxylic acid groups (broad SMARTS) is 1. The number of aromatic carboxylic acids is 1. The van der Waals surface area contributed by atoms with Gasteiger partial charge in [0.1, 0.15) is 17.6 Å². The van der Waals surface area contributed by atoms with Crippen molar-refractivity contribution in [2.45, 2.75) is 25.6 Å². The second-order valence-corrected chi connectivity index (χ2v) is 6.23. The second kappa shape index (κ2) is 7.41. The fourth-order valence-electron chi connectivity index (χ4n) is 2.40. The van der Waals surface area contributed by atoms with Gasteiger partial charge in [0.25, 0.3) is 0 Å². The SMILES string of the molecule is O=C(Nc1nc(C2CCCO2)c(C(=O)O)s1)OCc1ccccc1. The molecule has 2 heterocycles. The van der Waals surface area contributed by atoms with Crippen molar-refractivity contribution in [3.05, 3.63) is 46.5 Å². The standard InChI is InChI=1S/C16H16N2O5S/c19-14(20)13-12(11-7-4-8-22-11)17-15(24-13)18-16(21)23-9-10-5-2-1-3-6-10/h1-3,5-6,11H,4,7-9H2,(H,19,20)(H,17,18,21). The highest BCUT2D eigenvalue weighted by molar-refractivity contribution is 7.17. The molecule has 1 aliphatic heterocycles. The van der Waals surface area contributed by atoms with Crippen LogP contribution in [0.4, 0.5) is 9.93 Å². The van der Waals surface area contributed by atoms with Crippen molar-refractivity contribution in [2.75, 3.05) is 11.9 Å². The second-order valence-electron chi connectivity index (χ2n) is 5.23. The summed E-state index contributed by atoms with van der Waals surface area (Å²) in [6.07, 6.45) is 0.581. The van der Waals surface area contributed by atoms with Gasteiger partial charge >= 0.3 is 12.1 Å². The Bertz CT molecular complexity index is 725. The number of benzene rings is 1. The van der Waals surface area contributed by atoms with Gasteiger partial charge in [0.2, 0.25) is 0 Å². The highest BCUT2D eigenvalue weighted by Gasteiger charge is 2.28. The van der Waals surface area contributed by atoms with Crippen LogP contribution in [0, 0.1) is 0 Å². The Morgan fingerprint density at radius 2 is 2.17 bits per heavy atom. The summed E-state index contributed by atoms with van der Waals surface area (Å²) in [4.78, 5) is 27.5. The van der Waals surface area contributed by atoms with E-state index in [0.29, 0.717) is 12.3 Å². The summed E-state index contributed by atoms with van der Waals surface area (Å²) < 4.78 is 10.6. The first-order chi connectivity index (χ1) is 11.6. The summed E-state index contributed by atoms with van der Waals surface area (Å²) in [5.74, 6) is -1.08. The maximum Gasteiger partial charge on any atom is 0.413 e. The lowest BCUT2D eigenvalue weighted by Gasteiger charge is -2.06. The minimum atomic E-state index is -1.08. The van der Waals surface area contributed by atoms with Crippen LogP contribution in [-0.4, -0.2) is 28.8 Å². The molecule has 126 valence electrons. The Kier molecular flexibility index (Phi) is 5.07. The summed E-state index contributed by atoms with van der Waals surface area (Å²) in [5, 5.41) is 12.0. The van der Waals surface area contributed by atoms with Gasteiger partial charge in [0.15, 0.2) is 5.13 Å². The van der Waals surface area contributed by atoms with E-state index in [1.807, 2.05) is 30.3 Å². The molecule has 1 amide bonds. The molecule has 0 aliphatic carbocycles. The van der Waals surface area contributed by atoms with Crippen molar-refractivity contribution in [1.29, 1.82) is 0 Å². The molecular formula is C16H16N2O5S. The normalized spacial score (nSPS) is 16.8. The summed E-state index contributed by atoms with van der Waals surface area (Å²) in [6, 6.07) is 9.26. The van der Waals surface area contributed by atoms with Crippen LogP contribution in [0.5, 0.6) is 0 Å². The summed E-state index contributed by atoms with van der Waals surface area (Å²) >= 11 is 0.902. The molecule has 1 fully saturated rings. The lowest BCUT2D eigenvalue weighted by molar-refractivity contribution is 0.0686. The van der Waals surface area contributed by atoms with Gasteiger partial charge in [0.05, 0.1) is 5.69 Å². The van der Waals surface area contributed by atoms with Gasteiger partial charge in [-0.3, -0.25) is 5.32 Å². The van der Waals surface area contributed by atoms with Gasteiger partial charge in [0, 0.05) is 6.61 Å². The van der Waals surface area contributed by atoms with Crippen LogP contribution in [0.1, 0.15) is 39.9 Å². The Morgan fingerprint density at radius 3 is 2.83 bits per heavy atom. The highest BCUT2D eigenvalue weighted by Crippen LogP contribution is 2.34. The van der Waals surface area contributed by atoms with Crippen LogP contribution >= 0.6 is 11.3 Å². The van der Waals surface area contributed by atoms with E-state index >= 15 is 0 Å². The third-order valence-corrected chi connectivity index (χ3v) is 4.48. The molecule has 24 heavy (non-hydrogen) atoms. The third kappa shape index (κ3) is 3.90. The van der Waals surface area contributed by atoms with Crippen molar-refractivity contribution < 1.29 is 24.2 Å². The van der Waals surface area contributed by atoms with Crippen molar-refractivity contribution in [3.8, 4) is 0 Å². The van der Waals surface area contributed by atoms with Gasteiger partial charge in [-0.05, 0) is 18.4 Å². The average Bonchev–Trinajstić information content (AvgIpc) is 3.23. The fourth-order valence-corrected chi connectivity index (χ4v) is 3.24. The number of rotatable bonds is 5. The van der Waals surface area contributed by atoms with Gasteiger partial charge in [-0.2, -0.15) is 0 Å². The lowest BCUT2D eigenvalue weighted by atomic mass is 10.1. The molecule has 2 aromatic rings. The smallest absolute Gasteiger partial charge is 0.413 e. The molecule has 0 saturated carbocycles. The average molecular weight is 348 g/mol. The molecule has 2 N–H and O–H groups in total. The third-order valence-electron chi connectivity index (χ3n) is 3.50. The zero-order valence-electron chi connectivity index (χ0n) is 12.7. The number of ether oxygens (including phenoxy) is 2. The van der Waals surface area contributed by atoms with Crippen molar-refractivity contribution in [2.24, 2.45) is 0 Å². The van der Waals surface area contributed by atoms with E-state index in [2.05, 4.69) is 10.3 Å². The topological polar surface area (TPSA) is 97.8 Å². The molecule has 0 radical (unpaired) electrons. The first kappa shape index (κ1) is 16.4. The molecule has 1 atom stereocenters. The number of hydrogen-bond donors (Lipinski definition) is 2. The number of nitrogens with zero attached hydrogens (tertiary/aromatic N) is 1. The Morgan fingerprint density at radius 1 is 1.38 bits per heavy atom. The minimum absolute atomic E-state index is 0.0836. The molecule has 0 spiro atoms. The minimum Gasteiger partial charge on any atom is -0.477 e. The van der Waals surface area contributed by atoms with E-state index in [-0.39, 0.29) is 22.7 Å². The predicted molar refractivity (Wildman–Crippen MR) is 87.3 cm³/mol. The molecule has 1 saturated heterocycles. The van der Waals surface area contributed by atoms with Crippen LogP contribution in [-0.2, 0) is 16.1 Å². The van der Waals surface area contributed by atoms with E-state index in [1.54, 1.807) is 0 Å². The number of aromatic nitrogens is 1. The molecule has 0 bridgehead atoms. The van der Waals surface area contributed by atoms with Crippen molar-refractivity contribution >= 4 is 28.5 Å². The zero-order valence-corrected chi connectivity index (χ0v) is 13.5. The number of carboxylic acids is 1. The maximum absolute atomic E-state index is 11.9. The van der Waals surface area contributed by atoms with Gasteiger partial charge in [-0.15, -0.1) is 0 Å². The number of amides is 1. The van der Waals surface area contributed by atoms with E-state index in [9.17, 15) is 14.7 Å². The van der Waals surface area contributed by atoms with E-state index in [0.717, 1.165) is 29.7 Å². The van der Waals surface area contributed by atoms with Gasteiger partial charge in [-0.1, -0.05) is 41.7 Å². The number of anilines is 1. The highest BCUT2D eigenvalue weighted by atomic mass is 32.1. The summed E-state index contributed by atoms with van der Waals surface area (Å²) in [6.45, 7) is 0.714. The first-order valence-corrected chi connectivity index (χ1v) is 8.28. The van der Waals surface area contributed by atoms with Gasteiger partial charge in [-0.25, -0.2) is 14.6 Å². The monoisotopic (exact) mass is 348 g/mol. The van der Waals surface area contributed by atoms with Crippen LogP contribution in [0.15, 0.2) is 30.3 Å². The lowest BCUT2D eigenvalue weighted by Crippen LogP contribution is -2.13. The van der Waals surface area contributed by atoms with Gasteiger partial charge < -0.3 is 14.6 Å². The summed E-state index contributed by atoms with van der Waals surface area (Å²) in [5.41, 5.74) is 1.22. The molecular weight excluding hydrogens is 332 g/mol. The fraction of sp³-hybridized carbons (Fsp3) is 0.312. The molecule has 8 heteroatoms. The quantitative estimate of drug-likeness (QED) is 0.859. The number of carbonyl (C=O) groups excluding carboxylic acids is 1. The zero-order chi connectivity index (χ0) is 16.9. The number of hydrogen-bond acceptors (Lipinski definition) is 6. The van der Waals surface area contributed by atoms with Crippen LogP contribution in [0.3, 0.4) is 0 Å².